The maximum absolute atomic E-state index is 13.5. The highest BCUT2D eigenvalue weighted by Crippen LogP contribution is 2.33. The summed E-state index contributed by atoms with van der Waals surface area (Å²) in [6, 6.07) is 12.8. The summed E-state index contributed by atoms with van der Waals surface area (Å²) in [4.78, 5) is 4.54. The van der Waals surface area contributed by atoms with Gasteiger partial charge in [-0.1, -0.05) is 6.07 Å². The lowest BCUT2D eigenvalue weighted by atomic mass is 9.97. The van der Waals surface area contributed by atoms with Crippen LogP contribution in [-0.4, -0.2) is 24.9 Å². The molecular formula is C23H21F2N3O2. The first kappa shape index (κ1) is 19.8. The number of aryl methyl sites for hydroxylation is 1. The second-order valence-corrected chi connectivity index (χ2v) is 7.05. The van der Waals surface area contributed by atoms with E-state index in [9.17, 15) is 8.78 Å². The lowest BCUT2D eigenvalue weighted by Gasteiger charge is -2.14. The van der Waals surface area contributed by atoms with Crippen molar-refractivity contribution in [3.63, 3.8) is 0 Å². The standard InChI is InChI=1S/C23H21F2N3O2/c1-13-18(5-6-19(26-13)15-8-16(24)11-17(25)9-15)21-12-20(27-28-21)14-4-7-22(29-2)23(10-14)30-3/h4-11,20,27H,12H2,1-3H3. The third-order valence-corrected chi connectivity index (χ3v) is 5.12. The number of aromatic nitrogens is 1. The van der Waals surface area contributed by atoms with Crippen molar-refractivity contribution in [2.75, 3.05) is 14.2 Å². The van der Waals surface area contributed by atoms with E-state index in [1.165, 1.54) is 12.1 Å². The Balaban J connectivity index is 1.56. The van der Waals surface area contributed by atoms with Crippen LogP contribution >= 0.6 is 0 Å². The van der Waals surface area contributed by atoms with Crippen LogP contribution in [0.1, 0.15) is 29.3 Å². The molecule has 1 aliphatic heterocycles. The zero-order chi connectivity index (χ0) is 21.3. The first-order valence-corrected chi connectivity index (χ1v) is 9.47. The van der Waals surface area contributed by atoms with Crippen LogP contribution in [0.4, 0.5) is 8.78 Å². The van der Waals surface area contributed by atoms with Gasteiger partial charge in [-0.25, -0.2) is 8.78 Å². The van der Waals surface area contributed by atoms with Crippen LogP contribution in [0.3, 0.4) is 0 Å². The Kier molecular flexibility index (Phi) is 5.35. The van der Waals surface area contributed by atoms with Gasteiger partial charge >= 0.3 is 0 Å². The minimum absolute atomic E-state index is 0.00352. The Hall–Kier alpha value is -3.48. The molecule has 0 aliphatic carbocycles. The van der Waals surface area contributed by atoms with Crippen molar-refractivity contribution in [2.45, 2.75) is 19.4 Å². The Bertz CT molecular complexity index is 1110. The van der Waals surface area contributed by atoms with Gasteiger partial charge in [0.1, 0.15) is 11.6 Å². The number of nitrogens with one attached hydrogen (secondary N) is 1. The number of pyridine rings is 1. The lowest BCUT2D eigenvalue weighted by molar-refractivity contribution is 0.354. The molecule has 0 radical (unpaired) electrons. The molecule has 2 aromatic carbocycles. The molecule has 4 rings (SSSR count). The summed E-state index contributed by atoms with van der Waals surface area (Å²) < 4.78 is 37.7. The van der Waals surface area contributed by atoms with Gasteiger partial charge in [-0.15, -0.1) is 0 Å². The average Bonchev–Trinajstić information content (AvgIpc) is 3.22. The molecule has 7 heteroatoms. The Morgan fingerprint density at radius 3 is 2.33 bits per heavy atom. The minimum atomic E-state index is -0.629. The molecule has 0 saturated heterocycles. The van der Waals surface area contributed by atoms with Gasteiger partial charge in [0, 0.05) is 29.3 Å². The molecule has 0 saturated carbocycles. The monoisotopic (exact) mass is 409 g/mol. The van der Waals surface area contributed by atoms with Gasteiger partial charge in [0.25, 0.3) is 0 Å². The number of halogens is 2. The first-order valence-electron chi connectivity index (χ1n) is 9.47. The molecule has 154 valence electrons. The van der Waals surface area contributed by atoms with Gasteiger partial charge in [0.15, 0.2) is 11.5 Å². The number of nitrogens with zero attached hydrogens (tertiary/aromatic N) is 2. The van der Waals surface area contributed by atoms with E-state index in [0.29, 0.717) is 29.2 Å². The molecule has 1 unspecified atom stereocenters. The largest absolute Gasteiger partial charge is 0.493 e. The summed E-state index contributed by atoms with van der Waals surface area (Å²) >= 11 is 0. The predicted octanol–water partition coefficient (Wildman–Crippen LogP) is 4.79. The van der Waals surface area contributed by atoms with Crippen molar-refractivity contribution < 1.29 is 18.3 Å². The van der Waals surface area contributed by atoms with Crippen molar-refractivity contribution in [3.8, 4) is 22.8 Å². The van der Waals surface area contributed by atoms with Gasteiger partial charge in [-0.2, -0.15) is 5.10 Å². The van der Waals surface area contributed by atoms with E-state index in [1.807, 2.05) is 31.2 Å². The van der Waals surface area contributed by atoms with Crippen molar-refractivity contribution in [3.05, 3.63) is 77.0 Å². The van der Waals surface area contributed by atoms with Crippen LogP contribution < -0.4 is 14.9 Å². The number of hydrogen-bond acceptors (Lipinski definition) is 5. The third kappa shape index (κ3) is 3.83. The molecule has 3 aromatic rings. The number of benzene rings is 2. The fourth-order valence-electron chi connectivity index (χ4n) is 3.60. The highest BCUT2D eigenvalue weighted by Gasteiger charge is 2.24. The van der Waals surface area contributed by atoms with Crippen molar-refractivity contribution in [1.82, 2.24) is 10.4 Å². The maximum atomic E-state index is 13.5. The summed E-state index contributed by atoms with van der Waals surface area (Å²) in [6.07, 6.45) is 0.673. The average molecular weight is 409 g/mol. The third-order valence-electron chi connectivity index (χ3n) is 5.12. The molecule has 2 heterocycles. The highest BCUT2D eigenvalue weighted by molar-refractivity contribution is 6.02. The van der Waals surface area contributed by atoms with Crippen LogP contribution in [-0.2, 0) is 0 Å². The normalized spacial score (nSPS) is 15.5. The van der Waals surface area contributed by atoms with Gasteiger partial charge in [-0.3, -0.25) is 4.98 Å². The van der Waals surface area contributed by atoms with Crippen LogP contribution in [0.15, 0.2) is 53.6 Å². The summed E-state index contributed by atoms with van der Waals surface area (Å²) in [7, 11) is 3.21. The molecule has 0 fully saturated rings. The molecule has 30 heavy (non-hydrogen) atoms. The van der Waals surface area contributed by atoms with E-state index in [1.54, 1.807) is 20.3 Å². The number of hydrogen-bond donors (Lipinski definition) is 1. The van der Waals surface area contributed by atoms with Gasteiger partial charge < -0.3 is 14.9 Å². The number of hydrazone groups is 1. The minimum Gasteiger partial charge on any atom is -0.493 e. The molecule has 1 atom stereocenters. The first-order chi connectivity index (χ1) is 14.5. The molecule has 1 N–H and O–H groups in total. The van der Waals surface area contributed by atoms with E-state index < -0.39 is 11.6 Å². The second-order valence-electron chi connectivity index (χ2n) is 7.05. The smallest absolute Gasteiger partial charge is 0.161 e. The highest BCUT2D eigenvalue weighted by atomic mass is 19.1. The van der Waals surface area contributed by atoms with Crippen LogP contribution in [0.25, 0.3) is 11.3 Å². The fraction of sp³-hybridized carbons (Fsp3) is 0.217. The molecule has 0 spiro atoms. The molecular weight excluding hydrogens is 388 g/mol. The van der Waals surface area contributed by atoms with Crippen LogP contribution in [0, 0.1) is 18.6 Å². The van der Waals surface area contributed by atoms with Crippen LogP contribution in [0.2, 0.25) is 0 Å². The Labute approximate surface area is 173 Å². The van der Waals surface area contributed by atoms with Crippen LogP contribution in [0.5, 0.6) is 11.5 Å². The SMILES string of the molecule is COc1ccc(C2CC(c3ccc(-c4cc(F)cc(F)c4)nc3C)=NN2)cc1OC. The number of methoxy groups -OCH3 is 2. The molecule has 1 aliphatic rings. The maximum Gasteiger partial charge on any atom is 0.161 e. The molecule has 0 amide bonds. The van der Waals surface area contributed by atoms with E-state index in [0.717, 1.165) is 28.6 Å². The predicted molar refractivity (Wildman–Crippen MR) is 111 cm³/mol. The topological polar surface area (TPSA) is 55.7 Å². The molecule has 1 aromatic heterocycles. The fourth-order valence-corrected chi connectivity index (χ4v) is 3.60. The molecule has 0 bridgehead atoms. The van der Waals surface area contributed by atoms with E-state index in [-0.39, 0.29) is 6.04 Å². The number of rotatable bonds is 5. The Morgan fingerprint density at radius 2 is 1.67 bits per heavy atom. The zero-order valence-corrected chi connectivity index (χ0v) is 16.9. The van der Waals surface area contributed by atoms with E-state index in [2.05, 4.69) is 15.5 Å². The Morgan fingerprint density at radius 1 is 0.933 bits per heavy atom. The van der Waals surface area contributed by atoms with E-state index >= 15 is 0 Å². The summed E-state index contributed by atoms with van der Waals surface area (Å²) in [5.74, 6) is 0.0749. The summed E-state index contributed by atoms with van der Waals surface area (Å²) in [5, 5.41) is 4.49. The van der Waals surface area contributed by atoms with E-state index in [4.69, 9.17) is 9.47 Å². The number of ether oxygens (including phenoxy) is 2. The van der Waals surface area contributed by atoms with Crippen molar-refractivity contribution >= 4 is 5.71 Å². The van der Waals surface area contributed by atoms with Gasteiger partial charge in [-0.05, 0) is 48.9 Å². The quantitative estimate of drug-likeness (QED) is 0.658. The second kappa shape index (κ2) is 8.10. The van der Waals surface area contributed by atoms with Gasteiger partial charge in [0.05, 0.1) is 31.7 Å². The zero-order valence-electron chi connectivity index (χ0n) is 16.9. The van der Waals surface area contributed by atoms with Crippen molar-refractivity contribution in [2.24, 2.45) is 5.10 Å². The van der Waals surface area contributed by atoms with Crippen molar-refractivity contribution in [1.29, 1.82) is 0 Å². The summed E-state index contributed by atoms with van der Waals surface area (Å²) in [6.45, 7) is 1.86. The molecule has 5 nitrogen and oxygen atoms in total. The lowest BCUT2D eigenvalue weighted by Crippen LogP contribution is -2.10. The summed E-state index contributed by atoms with van der Waals surface area (Å²) in [5.41, 5.74) is 7.61. The van der Waals surface area contributed by atoms with Gasteiger partial charge in [0.2, 0.25) is 0 Å².